The first-order valence-corrected chi connectivity index (χ1v) is 12.1. The van der Waals surface area contributed by atoms with Crippen molar-refractivity contribution in [2.75, 3.05) is 13.6 Å². The smallest absolute Gasteiger partial charge is 0.159 e. The molecule has 0 aliphatic heterocycles. The van der Waals surface area contributed by atoms with E-state index >= 15 is 0 Å². The van der Waals surface area contributed by atoms with E-state index in [1.807, 2.05) is 6.07 Å². The van der Waals surface area contributed by atoms with Gasteiger partial charge in [0.05, 0.1) is 11.5 Å². The monoisotopic (exact) mass is 438 g/mol. The van der Waals surface area contributed by atoms with Crippen molar-refractivity contribution < 1.29 is 8.78 Å². The van der Waals surface area contributed by atoms with Crippen molar-refractivity contribution in [3.8, 4) is 6.07 Å². The zero-order chi connectivity index (χ0) is 23.0. The van der Waals surface area contributed by atoms with E-state index in [9.17, 15) is 14.0 Å². The summed E-state index contributed by atoms with van der Waals surface area (Å²) in [4.78, 5) is 2.39. The van der Waals surface area contributed by atoms with Crippen LogP contribution in [-0.4, -0.2) is 24.5 Å². The van der Waals surface area contributed by atoms with E-state index in [2.05, 4.69) is 49.2 Å². The quantitative estimate of drug-likeness (QED) is 0.398. The van der Waals surface area contributed by atoms with Gasteiger partial charge in [0, 0.05) is 12.6 Å². The van der Waals surface area contributed by atoms with Crippen LogP contribution in [0.2, 0.25) is 0 Å². The lowest BCUT2D eigenvalue weighted by Crippen LogP contribution is -2.39. The predicted molar refractivity (Wildman–Crippen MR) is 126 cm³/mol. The van der Waals surface area contributed by atoms with Crippen molar-refractivity contribution in [1.82, 2.24) is 4.90 Å². The third-order valence-corrected chi connectivity index (χ3v) is 7.50. The second-order valence-electron chi connectivity index (χ2n) is 9.36. The molecule has 0 aromatic heterocycles. The minimum absolute atomic E-state index is 0.193. The molecule has 2 unspecified atom stereocenters. The summed E-state index contributed by atoms with van der Waals surface area (Å²) in [5.74, 6) is -1.51. The standard InChI is InChI=1S/C28H36F2N2/c1-3-25(32(2)19-17-22-10-6-4-7-11-22)16-18-28(21-31,23-12-8-5-9-13-23)24-14-15-26(29)27(30)20-24/h4,6-7,10-11,14-15,20,23,25H,3,5,8-9,12-13,16-19H2,1-2H3. The van der Waals surface area contributed by atoms with E-state index in [0.29, 0.717) is 18.0 Å². The minimum atomic E-state index is -0.857. The summed E-state index contributed by atoms with van der Waals surface area (Å²) in [6.07, 6.45) is 8.88. The van der Waals surface area contributed by atoms with Gasteiger partial charge in [-0.25, -0.2) is 8.78 Å². The number of benzene rings is 2. The Hall–Kier alpha value is -2.25. The van der Waals surface area contributed by atoms with Gasteiger partial charge in [-0.1, -0.05) is 62.6 Å². The maximum Gasteiger partial charge on any atom is 0.159 e. The fourth-order valence-electron chi connectivity index (χ4n) is 5.43. The fraction of sp³-hybridized carbons (Fsp3) is 0.536. The van der Waals surface area contributed by atoms with Crippen LogP contribution in [0, 0.1) is 28.9 Å². The van der Waals surface area contributed by atoms with Gasteiger partial charge < -0.3 is 4.90 Å². The van der Waals surface area contributed by atoms with Crippen LogP contribution < -0.4 is 0 Å². The first-order valence-electron chi connectivity index (χ1n) is 12.1. The number of halogens is 2. The molecule has 0 N–H and O–H groups in total. The first kappa shape index (κ1) is 24.4. The summed E-state index contributed by atoms with van der Waals surface area (Å²) in [6, 6.07) is 17.5. The third-order valence-electron chi connectivity index (χ3n) is 7.50. The Morgan fingerprint density at radius 3 is 2.41 bits per heavy atom. The average Bonchev–Trinajstić information content (AvgIpc) is 2.84. The lowest BCUT2D eigenvalue weighted by molar-refractivity contribution is 0.185. The van der Waals surface area contributed by atoms with Gasteiger partial charge in [0.2, 0.25) is 0 Å². The molecule has 1 saturated carbocycles. The summed E-state index contributed by atoms with van der Waals surface area (Å²) in [5, 5.41) is 10.4. The fourth-order valence-corrected chi connectivity index (χ4v) is 5.43. The van der Waals surface area contributed by atoms with E-state index in [1.165, 1.54) is 24.1 Å². The molecule has 32 heavy (non-hydrogen) atoms. The molecular weight excluding hydrogens is 402 g/mol. The van der Waals surface area contributed by atoms with Crippen molar-refractivity contribution in [2.45, 2.75) is 76.2 Å². The largest absolute Gasteiger partial charge is 0.303 e. The number of likely N-dealkylation sites (N-methyl/N-ethyl adjacent to an activating group) is 1. The molecule has 1 aliphatic carbocycles. The molecule has 1 fully saturated rings. The van der Waals surface area contributed by atoms with Gasteiger partial charge in [-0.05, 0) is 74.8 Å². The van der Waals surface area contributed by atoms with E-state index in [1.54, 1.807) is 6.07 Å². The summed E-state index contributed by atoms with van der Waals surface area (Å²) in [7, 11) is 2.16. The highest BCUT2D eigenvalue weighted by molar-refractivity contribution is 5.35. The maximum absolute atomic E-state index is 14.2. The van der Waals surface area contributed by atoms with Crippen molar-refractivity contribution in [3.05, 3.63) is 71.3 Å². The van der Waals surface area contributed by atoms with Gasteiger partial charge >= 0.3 is 0 Å². The van der Waals surface area contributed by atoms with Crippen LogP contribution >= 0.6 is 0 Å². The van der Waals surface area contributed by atoms with Crippen molar-refractivity contribution >= 4 is 0 Å². The van der Waals surface area contributed by atoms with E-state index in [0.717, 1.165) is 51.5 Å². The molecule has 2 aromatic carbocycles. The molecule has 172 valence electrons. The van der Waals surface area contributed by atoms with Crippen LogP contribution in [0.4, 0.5) is 8.78 Å². The van der Waals surface area contributed by atoms with Gasteiger partial charge in [0.15, 0.2) is 11.6 Å². The summed E-state index contributed by atoms with van der Waals surface area (Å²) < 4.78 is 27.8. The number of rotatable bonds is 10. The topological polar surface area (TPSA) is 27.0 Å². The van der Waals surface area contributed by atoms with E-state index in [-0.39, 0.29) is 5.92 Å². The van der Waals surface area contributed by atoms with Crippen LogP contribution in [-0.2, 0) is 11.8 Å². The number of hydrogen-bond acceptors (Lipinski definition) is 2. The second-order valence-corrected chi connectivity index (χ2v) is 9.36. The molecule has 0 heterocycles. The molecule has 2 atom stereocenters. The van der Waals surface area contributed by atoms with Crippen LogP contribution in [0.15, 0.2) is 48.5 Å². The highest BCUT2D eigenvalue weighted by Gasteiger charge is 2.42. The van der Waals surface area contributed by atoms with Crippen LogP contribution in [0.3, 0.4) is 0 Å². The Morgan fingerprint density at radius 2 is 1.78 bits per heavy atom. The molecule has 0 spiro atoms. The number of nitriles is 1. The van der Waals surface area contributed by atoms with Gasteiger partial charge in [-0.3, -0.25) is 0 Å². The molecule has 0 saturated heterocycles. The highest BCUT2D eigenvalue weighted by atomic mass is 19.2. The first-order chi connectivity index (χ1) is 15.5. The average molecular weight is 439 g/mol. The number of nitrogens with zero attached hydrogens (tertiary/aromatic N) is 2. The van der Waals surface area contributed by atoms with Crippen molar-refractivity contribution in [3.63, 3.8) is 0 Å². The van der Waals surface area contributed by atoms with Crippen molar-refractivity contribution in [1.29, 1.82) is 5.26 Å². The molecule has 4 heteroatoms. The Balaban J connectivity index is 1.77. The van der Waals surface area contributed by atoms with Crippen molar-refractivity contribution in [2.24, 2.45) is 5.92 Å². The maximum atomic E-state index is 14.2. The predicted octanol–water partition coefficient (Wildman–Crippen LogP) is 7.04. The Labute approximate surface area is 192 Å². The molecule has 0 bridgehead atoms. The highest BCUT2D eigenvalue weighted by Crippen LogP contribution is 2.45. The summed E-state index contributed by atoms with van der Waals surface area (Å²) in [6.45, 7) is 3.15. The Bertz CT molecular complexity index is 886. The van der Waals surface area contributed by atoms with Gasteiger partial charge in [0.25, 0.3) is 0 Å². The van der Waals surface area contributed by atoms with Crippen LogP contribution in [0.1, 0.15) is 69.4 Å². The third kappa shape index (κ3) is 5.75. The van der Waals surface area contributed by atoms with Crippen LogP contribution in [0.5, 0.6) is 0 Å². The molecule has 3 rings (SSSR count). The normalized spacial score (nSPS) is 17.6. The van der Waals surface area contributed by atoms with E-state index < -0.39 is 17.0 Å². The zero-order valence-electron chi connectivity index (χ0n) is 19.5. The lowest BCUT2D eigenvalue weighted by Gasteiger charge is -2.39. The molecule has 1 aliphatic rings. The number of hydrogen-bond donors (Lipinski definition) is 0. The van der Waals surface area contributed by atoms with E-state index in [4.69, 9.17) is 0 Å². The van der Waals surface area contributed by atoms with Crippen LogP contribution in [0.25, 0.3) is 0 Å². The lowest BCUT2D eigenvalue weighted by atomic mass is 9.63. The molecule has 2 nitrogen and oxygen atoms in total. The molecule has 0 radical (unpaired) electrons. The molecule has 2 aromatic rings. The Morgan fingerprint density at radius 1 is 1.06 bits per heavy atom. The summed E-state index contributed by atoms with van der Waals surface area (Å²) in [5.41, 5.74) is 1.21. The SMILES string of the molecule is CCC(CCC(C#N)(c1ccc(F)c(F)c1)C1CCCCC1)N(C)CCc1ccccc1. The molecular formula is C28H36F2N2. The summed E-state index contributed by atoms with van der Waals surface area (Å²) >= 11 is 0. The Kier molecular flexibility index (Phi) is 8.82. The van der Waals surface area contributed by atoms with Gasteiger partial charge in [0.1, 0.15) is 0 Å². The zero-order valence-corrected chi connectivity index (χ0v) is 19.5. The minimum Gasteiger partial charge on any atom is -0.303 e. The van der Waals surface area contributed by atoms with Gasteiger partial charge in [-0.15, -0.1) is 0 Å². The van der Waals surface area contributed by atoms with Gasteiger partial charge in [-0.2, -0.15) is 5.26 Å². The molecule has 0 amide bonds. The second kappa shape index (κ2) is 11.6.